The number of methoxy groups -OCH3 is 1. The largest absolute Gasteiger partial charge is 0.497 e. The van der Waals surface area contributed by atoms with Gasteiger partial charge in [0.1, 0.15) is 11.6 Å². The summed E-state index contributed by atoms with van der Waals surface area (Å²) in [4.78, 5) is 45.0. The Morgan fingerprint density at radius 2 is 1.78 bits per heavy atom. The maximum absolute atomic E-state index is 12.9. The van der Waals surface area contributed by atoms with Gasteiger partial charge in [-0.3, -0.25) is 19.4 Å². The Morgan fingerprint density at radius 3 is 2.44 bits per heavy atom. The SMILES string of the molecule is CCc1ccc(NC(=O)[C@H]2CC(=O)Nc3nc(Nc4ccc(OC)cc4)[nH]c(=O)c32)cc1. The predicted molar refractivity (Wildman–Crippen MR) is 122 cm³/mol. The Hall–Kier alpha value is -4.14. The summed E-state index contributed by atoms with van der Waals surface area (Å²) in [5.74, 6) is -0.859. The van der Waals surface area contributed by atoms with E-state index in [1.54, 1.807) is 43.5 Å². The van der Waals surface area contributed by atoms with Gasteiger partial charge in [-0.2, -0.15) is 4.98 Å². The van der Waals surface area contributed by atoms with E-state index in [1.807, 2.05) is 19.1 Å². The summed E-state index contributed by atoms with van der Waals surface area (Å²) in [6, 6.07) is 14.5. The predicted octanol–water partition coefficient (Wildman–Crippen LogP) is 3.15. The van der Waals surface area contributed by atoms with Crippen LogP contribution in [-0.4, -0.2) is 28.9 Å². The van der Waals surface area contributed by atoms with E-state index in [-0.39, 0.29) is 29.7 Å². The van der Waals surface area contributed by atoms with Crippen LogP contribution in [0.3, 0.4) is 0 Å². The second kappa shape index (κ2) is 8.93. The molecule has 0 saturated heterocycles. The molecule has 0 aliphatic carbocycles. The number of nitrogens with zero attached hydrogens (tertiary/aromatic N) is 1. The lowest BCUT2D eigenvalue weighted by Crippen LogP contribution is -2.36. The molecule has 32 heavy (non-hydrogen) atoms. The van der Waals surface area contributed by atoms with E-state index in [1.165, 1.54) is 0 Å². The van der Waals surface area contributed by atoms with Crippen LogP contribution >= 0.6 is 0 Å². The summed E-state index contributed by atoms with van der Waals surface area (Å²) in [5.41, 5.74) is 2.05. The summed E-state index contributed by atoms with van der Waals surface area (Å²) >= 11 is 0. The Balaban J connectivity index is 1.59. The summed E-state index contributed by atoms with van der Waals surface area (Å²) in [7, 11) is 1.57. The summed E-state index contributed by atoms with van der Waals surface area (Å²) in [5, 5.41) is 8.37. The molecule has 1 aliphatic heterocycles. The van der Waals surface area contributed by atoms with Crippen molar-refractivity contribution < 1.29 is 14.3 Å². The van der Waals surface area contributed by atoms with E-state index in [0.717, 1.165) is 12.0 Å². The Morgan fingerprint density at radius 1 is 1.09 bits per heavy atom. The van der Waals surface area contributed by atoms with Gasteiger partial charge in [-0.1, -0.05) is 19.1 Å². The van der Waals surface area contributed by atoms with Crippen molar-refractivity contribution in [3.8, 4) is 5.75 Å². The molecule has 0 spiro atoms. The highest BCUT2D eigenvalue weighted by Crippen LogP contribution is 2.30. The van der Waals surface area contributed by atoms with Crippen LogP contribution in [0.1, 0.15) is 30.4 Å². The third-order valence-electron chi connectivity index (χ3n) is 5.25. The number of aryl methyl sites for hydroxylation is 1. The first kappa shape index (κ1) is 21.1. The van der Waals surface area contributed by atoms with Crippen molar-refractivity contribution >= 4 is 35.0 Å². The molecule has 4 rings (SSSR count). The van der Waals surface area contributed by atoms with Crippen LogP contribution in [0.25, 0.3) is 0 Å². The molecule has 1 aromatic heterocycles. The Bertz CT molecular complexity index is 1200. The number of benzene rings is 2. The highest BCUT2D eigenvalue weighted by molar-refractivity contribution is 6.04. The maximum Gasteiger partial charge on any atom is 0.258 e. The monoisotopic (exact) mass is 433 g/mol. The van der Waals surface area contributed by atoms with E-state index >= 15 is 0 Å². The highest BCUT2D eigenvalue weighted by Gasteiger charge is 2.34. The number of carbonyl (C=O) groups excluding carboxylic acids is 2. The summed E-state index contributed by atoms with van der Waals surface area (Å²) in [6.45, 7) is 2.04. The summed E-state index contributed by atoms with van der Waals surface area (Å²) in [6.07, 6.45) is 0.750. The lowest BCUT2D eigenvalue weighted by Gasteiger charge is -2.23. The van der Waals surface area contributed by atoms with Crippen molar-refractivity contribution in [3.05, 3.63) is 70.0 Å². The number of rotatable bonds is 6. The van der Waals surface area contributed by atoms with Crippen molar-refractivity contribution in [2.24, 2.45) is 0 Å². The molecule has 0 radical (unpaired) electrons. The minimum absolute atomic E-state index is 0.0718. The van der Waals surface area contributed by atoms with E-state index < -0.39 is 17.4 Å². The molecule has 0 unspecified atom stereocenters. The topological polar surface area (TPSA) is 125 Å². The molecule has 9 nitrogen and oxygen atoms in total. The molecule has 1 aliphatic rings. The maximum atomic E-state index is 12.9. The smallest absolute Gasteiger partial charge is 0.258 e. The van der Waals surface area contributed by atoms with E-state index in [9.17, 15) is 14.4 Å². The molecule has 3 aromatic rings. The number of carbonyl (C=O) groups is 2. The fourth-order valence-corrected chi connectivity index (χ4v) is 3.52. The van der Waals surface area contributed by atoms with Crippen molar-refractivity contribution in [2.45, 2.75) is 25.7 Å². The molecule has 4 N–H and O–H groups in total. The van der Waals surface area contributed by atoms with E-state index in [2.05, 4.69) is 25.9 Å². The highest BCUT2D eigenvalue weighted by atomic mass is 16.5. The fourth-order valence-electron chi connectivity index (χ4n) is 3.52. The zero-order chi connectivity index (χ0) is 22.7. The number of anilines is 4. The third-order valence-corrected chi connectivity index (χ3v) is 5.25. The molecule has 0 saturated carbocycles. The molecule has 0 bridgehead atoms. The van der Waals surface area contributed by atoms with Gasteiger partial charge >= 0.3 is 0 Å². The van der Waals surface area contributed by atoms with Crippen LogP contribution in [0.4, 0.5) is 23.1 Å². The molecular formula is C23H23N5O4. The van der Waals surface area contributed by atoms with Gasteiger partial charge in [-0.15, -0.1) is 0 Å². The lowest BCUT2D eigenvalue weighted by atomic mass is 9.92. The zero-order valence-corrected chi connectivity index (χ0v) is 17.7. The van der Waals surface area contributed by atoms with Gasteiger partial charge < -0.3 is 20.7 Å². The van der Waals surface area contributed by atoms with Gasteiger partial charge in [0, 0.05) is 17.8 Å². The third kappa shape index (κ3) is 4.46. The Kier molecular flexibility index (Phi) is 5.89. The van der Waals surface area contributed by atoms with Crippen molar-refractivity contribution in [1.29, 1.82) is 0 Å². The number of aromatic amines is 1. The number of H-pyrrole nitrogens is 1. The van der Waals surface area contributed by atoms with Crippen LogP contribution in [0.2, 0.25) is 0 Å². The van der Waals surface area contributed by atoms with Crippen LogP contribution in [0.5, 0.6) is 5.75 Å². The number of amides is 2. The average molecular weight is 433 g/mol. The molecule has 1 atom stereocenters. The number of nitrogens with one attached hydrogen (secondary N) is 4. The fraction of sp³-hybridized carbons (Fsp3) is 0.217. The first-order valence-corrected chi connectivity index (χ1v) is 10.2. The molecule has 2 heterocycles. The van der Waals surface area contributed by atoms with Gasteiger partial charge in [0.05, 0.1) is 18.6 Å². The minimum atomic E-state index is -0.948. The average Bonchev–Trinajstić information content (AvgIpc) is 2.79. The lowest BCUT2D eigenvalue weighted by molar-refractivity contribution is -0.123. The van der Waals surface area contributed by atoms with Crippen LogP contribution in [0, 0.1) is 0 Å². The van der Waals surface area contributed by atoms with Gasteiger partial charge in [0.25, 0.3) is 5.56 Å². The van der Waals surface area contributed by atoms with Crippen LogP contribution in [-0.2, 0) is 16.0 Å². The van der Waals surface area contributed by atoms with Crippen molar-refractivity contribution in [1.82, 2.24) is 9.97 Å². The minimum Gasteiger partial charge on any atom is -0.497 e. The Labute approximate surface area is 184 Å². The standard InChI is InChI=1S/C23H23N5O4/c1-3-13-4-6-14(7-5-13)24-21(30)17-12-18(29)26-20-19(17)22(31)28-23(27-20)25-15-8-10-16(32-2)11-9-15/h4-11,17H,3,12H2,1-2H3,(H,24,30)(H3,25,26,27,28,29,31)/t17-/m0/s1. The quantitative estimate of drug-likeness (QED) is 0.473. The number of hydrogen-bond donors (Lipinski definition) is 4. The number of ether oxygens (including phenoxy) is 1. The van der Waals surface area contributed by atoms with E-state index in [4.69, 9.17) is 4.74 Å². The van der Waals surface area contributed by atoms with Crippen molar-refractivity contribution in [3.63, 3.8) is 0 Å². The molecule has 164 valence electrons. The second-order valence-electron chi connectivity index (χ2n) is 7.37. The van der Waals surface area contributed by atoms with E-state index in [0.29, 0.717) is 17.1 Å². The number of aromatic nitrogens is 2. The summed E-state index contributed by atoms with van der Waals surface area (Å²) < 4.78 is 5.13. The molecule has 2 aromatic carbocycles. The molecule has 9 heteroatoms. The normalized spacial score (nSPS) is 14.8. The molecular weight excluding hydrogens is 410 g/mol. The zero-order valence-electron chi connectivity index (χ0n) is 17.7. The van der Waals surface area contributed by atoms with Gasteiger partial charge in [-0.05, 0) is 48.4 Å². The van der Waals surface area contributed by atoms with Crippen LogP contribution in [0.15, 0.2) is 53.3 Å². The van der Waals surface area contributed by atoms with Gasteiger partial charge in [0.15, 0.2) is 0 Å². The van der Waals surface area contributed by atoms with Crippen LogP contribution < -0.4 is 26.2 Å². The molecule has 2 amide bonds. The van der Waals surface area contributed by atoms with Gasteiger partial charge in [0.2, 0.25) is 17.8 Å². The first-order valence-electron chi connectivity index (χ1n) is 10.2. The van der Waals surface area contributed by atoms with Gasteiger partial charge in [-0.25, -0.2) is 0 Å². The van der Waals surface area contributed by atoms with Crippen molar-refractivity contribution in [2.75, 3.05) is 23.1 Å². The molecule has 0 fully saturated rings. The second-order valence-corrected chi connectivity index (χ2v) is 7.37. The number of hydrogen-bond acceptors (Lipinski definition) is 6. The number of fused-ring (bicyclic) bond motifs is 1. The first-order chi connectivity index (χ1) is 15.5.